The summed E-state index contributed by atoms with van der Waals surface area (Å²) in [5.41, 5.74) is 5.92. The predicted octanol–water partition coefficient (Wildman–Crippen LogP) is 1.03. The van der Waals surface area contributed by atoms with Crippen LogP contribution in [0.2, 0.25) is 0 Å². The molecule has 0 saturated heterocycles. The molecule has 3 N–H and O–H groups in total. The fourth-order valence-electron chi connectivity index (χ4n) is 2.35. The molecule has 0 aromatic rings. The van der Waals surface area contributed by atoms with E-state index in [9.17, 15) is 4.79 Å². The normalized spacial score (nSPS) is 41.0. The zero-order valence-corrected chi connectivity index (χ0v) is 8.83. The van der Waals surface area contributed by atoms with E-state index in [0.29, 0.717) is 24.3 Å². The van der Waals surface area contributed by atoms with Crippen molar-refractivity contribution < 1.29 is 4.79 Å². The van der Waals surface area contributed by atoms with Crippen molar-refractivity contribution in [3.8, 4) is 0 Å². The number of rotatable bonds is 3. The number of carbonyl (C=O) groups excluding carboxylic acids is 1. The Kier molecular flexibility index (Phi) is 2.77. The molecule has 0 aliphatic heterocycles. The van der Waals surface area contributed by atoms with E-state index in [1.54, 1.807) is 0 Å². The number of carbonyl (C=O) groups is 1. The molecule has 0 radical (unpaired) electrons. The van der Waals surface area contributed by atoms with Crippen LogP contribution in [0.3, 0.4) is 0 Å². The van der Waals surface area contributed by atoms with Gasteiger partial charge in [0.25, 0.3) is 0 Å². The van der Waals surface area contributed by atoms with Crippen molar-refractivity contribution in [3.63, 3.8) is 0 Å². The first-order valence-corrected chi connectivity index (χ1v) is 5.71. The summed E-state index contributed by atoms with van der Waals surface area (Å²) in [4.78, 5) is 11.6. The molecule has 2 unspecified atom stereocenters. The first-order valence-electron chi connectivity index (χ1n) is 5.71. The van der Waals surface area contributed by atoms with Crippen LogP contribution >= 0.6 is 0 Å². The molecule has 0 aromatic heterocycles. The van der Waals surface area contributed by atoms with Crippen LogP contribution in [-0.4, -0.2) is 18.0 Å². The molecule has 4 atom stereocenters. The van der Waals surface area contributed by atoms with Gasteiger partial charge in [-0.15, -0.1) is 0 Å². The zero-order valence-electron chi connectivity index (χ0n) is 8.83. The molecule has 14 heavy (non-hydrogen) atoms. The van der Waals surface area contributed by atoms with Crippen molar-refractivity contribution in [1.82, 2.24) is 5.32 Å². The molecule has 0 bridgehead atoms. The molecule has 2 rings (SSSR count). The number of amides is 1. The summed E-state index contributed by atoms with van der Waals surface area (Å²) >= 11 is 0. The molecule has 3 nitrogen and oxygen atoms in total. The summed E-state index contributed by atoms with van der Waals surface area (Å²) < 4.78 is 0. The molecule has 2 aliphatic rings. The van der Waals surface area contributed by atoms with Gasteiger partial charge >= 0.3 is 0 Å². The maximum atomic E-state index is 11.6. The van der Waals surface area contributed by atoms with Gasteiger partial charge in [-0.3, -0.25) is 4.79 Å². The standard InChI is InChI=1S/C11H20N2O/c1-7-5-10(7)13-11(14)6-8-3-2-4-9(8)12/h7-10H,2-6,12H2,1H3,(H,13,14)/t7?,8-,9+,10?/m0/s1. The van der Waals surface area contributed by atoms with E-state index in [4.69, 9.17) is 5.73 Å². The van der Waals surface area contributed by atoms with Crippen LogP contribution in [0.15, 0.2) is 0 Å². The molecule has 1 amide bonds. The van der Waals surface area contributed by atoms with Gasteiger partial charge in [-0.2, -0.15) is 0 Å². The molecule has 0 spiro atoms. The Morgan fingerprint density at radius 3 is 2.71 bits per heavy atom. The second-order valence-corrected chi connectivity index (χ2v) is 4.95. The van der Waals surface area contributed by atoms with Crippen molar-refractivity contribution in [2.45, 2.75) is 51.1 Å². The van der Waals surface area contributed by atoms with Crippen molar-refractivity contribution in [1.29, 1.82) is 0 Å². The number of nitrogens with one attached hydrogen (secondary N) is 1. The lowest BCUT2D eigenvalue weighted by molar-refractivity contribution is -0.122. The predicted molar refractivity (Wildman–Crippen MR) is 55.6 cm³/mol. The van der Waals surface area contributed by atoms with Crippen molar-refractivity contribution >= 4 is 5.91 Å². The van der Waals surface area contributed by atoms with Crippen molar-refractivity contribution in [3.05, 3.63) is 0 Å². The number of nitrogens with two attached hydrogens (primary N) is 1. The van der Waals surface area contributed by atoms with E-state index >= 15 is 0 Å². The average molecular weight is 196 g/mol. The van der Waals surface area contributed by atoms with Crippen LogP contribution in [0.5, 0.6) is 0 Å². The fourth-order valence-corrected chi connectivity index (χ4v) is 2.35. The second kappa shape index (κ2) is 3.89. The second-order valence-electron chi connectivity index (χ2n) is 4.95. The van der Waals surface area contributed by atoms with Crippen molar-refractivity contribution in [2.75, 3.05) is 0 Å². The quantitative estimate of drug-likeness (QED) is 0.708. The Balaban J connectivity index is 1.71. The van der Waals surface area contributed by atoms with Crippen LogP contribution in [0, 0.1) is 11.8 Å². The highest BCUT2D eigenvalue weighted by molar-refractivity contribution is 5.77. The van der Waals surface area contributed by atoms with Gasteiger partial charge in [-0.1, -0.05) is 13.3 Å². The van der Waals surface area contributed by atoms with Gasteiger partial charge in [-0.05, 0) is 31.1 Å². The third kappa shape index (κ3) is 2.27. The van der Waals surface area contributed by atoms with E-state index in [0.717, 1.165) is 19.3 Å². The minimum absolute atomic E-state index is 0.210. The Bertz CT molecular complexity index is 229. The summed E-state index contributed by atoms with van der Waals surface area (Å²) in [7, 11) is 0. The Labute approximate surface area is 85.4 Å². The van der Waals surface area contributed by atoms with Crippen LogP contribution in [0.25, 0.3) is 0 Å². The highest BCUT2D eigenvalue weighted by Gasteiger charge is 2.35. The van der Waals surface area contributed by atoms with Gasteiger partial charge in [0.05, 0.1) is 0 Å². The highest BCUT2D eigenvalue weighted by Crippen LogP contribution is 2.30. The first-order chi connectivity index (χ1) is 6.66. The van der Waals surface area contributed by atoms with Gasteiger partial charge in [0.15, 0.2) is 0 Å². The van der Waals surface area contributed by atoms with E-state index < -0.39 is 0 Å². The maximum absolute atomic E-state index is 11.6. The summed E-state index contributed by atoms with van der Waals surface area (Å²) in [6, 6.07) is 0.720. The molecule has 2 aliphatic carbocycles. The van der Waals surface area contributed by atoms with Crippen LogP contribution in [0.1, 0.15) is 39.0 Å². The van der Waals surface area contributed by atoms with Gasteiger partial charge in [0, 0.05) is 18.5 Å². The number of hydrogen-bond donors (Lipinski definition) is 2. The fraction of sp³-hybridized carbons (Fsp3) is 0.909. The molecular formula is C11H20N2O. The average Bonchev–Trinajstić information content (AvgIpc) is 2.63. The summed E-state index contributed by atoms with van der Waals surface area (Å²) in [5.74, 6) is 1.34. The lowest BCUT2D eigenvalue weighted by atomic mass is 10.00. The van der Waals surface area contributed by atoms with Gasteiger partial charge in [0.1, 0.15) is 0 Å². The maximum Gasteiger partial charge on any atom is 0.220 e. The van der Waals surface area contributed by atoms with Gasteiger partial charge in [-0.25, -0.2) is 0 Å². The van der Waals surface area contributed by atoms with E-state index in [2.05, 4.69) is 12.2 Å². The van der Waals surface area contributed by atoms with E-state index in [-0.39, 0.29) is 11.9 Å². The Morgan fingerprint density at radius 1 is 1.50 bits per heavy atom. The Morgan fingerprint density at radius 2 is 2.21 bits per heavy atom. The first kappa shape index (κ1) is 9.97. The monoisotopic (exact) mass is 196 g/mol. The summed E-state index contributed by atoms with van der Waals surface area (Å²) in [6.07, 6.45) is 5.22. The Hall–Kier alpha value is -0.570. The third-order valence-corrected chi connectivity index (χ3v) is 3.62. The zero-order chi connectivity index (χ0) is 10.1. The SMILES string of the molecule is CC1CC1NC(=O)C[C@@H]1CCC[C@H]1N. The van der Waals surface area contributed by atoms with Crippen LogP contribution in [-0.2, 0) is 4.79 Å². The van der Waals surface area contributed by atoms with Crippen LogP contribution < -0.4 is 11.1 Å². The van der Waals surface area contributed by atoms with E-state index in [1.807, 2.05) is 0 Å². The third-order valence-electron chi connectivity index (χ3n) is 3.62. The molecular weight excluding hydrogens is 176 g/mol. The molecule has 0 heterocycles. The molecule has 0 aromatic carbocycles. The highest BCUT2D eigenvalue weighted by atomic mass is 16.1. The van der Waals surface area contributed by atoms with E-state index in [1.165, 1.54) is 6.42 Å². The number of hydrogen-bond acceptors (Lipinski definition) is 2. The molecule has 2 fully saturated rings. The lowest BCUT2D eigenvalue weighted by Crippen LogP contribution is -2.33. The minimum Gasteiger partial charge on any atom is -0.353 e. The smallest absolute Gasteiger partial charge is 0.220 e. The topological polar surface area (TPSA) is 55.1 Å². The summed E-state index contributed by atoms with van der Waals surface area (Å²) in [5, 5.41) is 3.06. The van der Waals surface area contributed by atoms with Crippen molar-refractivity contribution in [2.24, 2.45) is 17.6 Å². The van der Waals surface area contributed by atoms with Gasteiger partial charge in [0.2, 0.25) is 5.91 Å². The van der Waals surface area contributed by atoms with Gasteiger partial charge < -0.3 is 11.1 Å². The lowest BCUT2D eigenvalue weighted by Gasteiger charge is -2.14. The minimum atomic E-state index is 0.210. The summed E-state index contributed by atoms with van der Waals surface area (Å²) in [6.45, 7) is 2.17. The largest absolute Gasteiger partial charge is 0.353 e. The molecule has 3 heteroatoms. The van der Waals surface area contributed by atoms with Crippen LogP contribution in [0.4, 0.5) is 0 Å². The molecule has 2 saturated carbocycles. The molecule has 80 valence electrons.